The summed E-state index contributed by atoms with van der Waals surface area (Å²) in [6.45, 7) is 5.02. The lowest BCUT2D eigenvalue weighted by Crippen LogP contribution is -2.46. The summed E-state index contributed by atoms with van der Waals surface area (Å²) < 4.78 is 37.2. The Bertz CT molecular complexity index is 997. The van der Waals surface area contributed by atoms with E-state index in [1.165, 1.54) is 11.6 Å². The van der Waals surface area contributed by atoms with Crippen molar-refractivity contribution >= 4 is 23.3 Å². The van der Waals surface area contributed by atoms with E-state index in [9.17, 15) is 18.0 Å². The number of halogens is 4. The Hall–Kier alpha value is -2.36. The molecule has 2 aliphatic heterocycles. The number of likely N-dealkylation sites (tertiary alicyclic amines) is 1. The van der Waals surface area contributed by atoms with Crippen molar-refractivity contribution in [3.05, 3.63) is 58.7 Å². The minimum Gasteiger partial charge on any atom is -0.355 e. The van der Waals surface area contributed by atoms with Crippen LogP contribution in [0.15, 0.2) is 42.5 Å². The van der Waals surface area contributed by atoms with Gasteiger partial charge in [0.05, 0.1) is 0 Å². The molecule has 0 unspecified atom stereocenters. The molecule has 2 aromatic rings. The molecule has 0 saturated carbocycles. The van der Waals surface area contributed by atoms with E-state index in [1.807, 2.05) is 29.6 Å². The molecule has 0 aliphatic carbocycles. The fourth-order valence-electron chi connectivity index (χ4n) is 4.84. The molecule has 2 saturated heterocycles. The van der Waals surface area contributed by atoms with Crippen molar-refractivity contribution in [2.24, 2.45) is 0 Å². The molecule has 1 N–H and O–H groups in total. The number of benzene rings is 1. The number of pyridine rings is 1. The van der Waals surface area contributed by atoms with Gasteiger partial charge in [0.25, 0.3) is 5.91 Å². The van der Waals surface area contributed by atoms with Gasteiger partial charge in [-0.2, -0.15) is 13.2 Å². The normalized spacial score (nSPS) is 18.9. The fourth-order valence-corrected chi connectivity index (χ4v) is 5.03. The quantitative estimate of drug-likeness (QED) is 0.632. The Morgan fingerprint density at radius 1 is 1.00 bits per heavy atom. The van der Waals surface area contributed by atoms with Gasteiger partial charge in [-0.25, -0.2) is 4.98 Å². The summed E-state index contributed by atoms with van der Waals surface area (Å²) in [5.41, 5.74) is 1.17. The number of nitrogens with zero attached hydrogens (tertiary/aromatic N) is 4. The molecule has 2 aliphatic rings. The molecule has 3 heterocycles. The van der Waals surface area contributed by atoms with Crippen LogP contribution in [0.3, 0.4) is 0 Å². The standard InChI is InChI=1S/C25H31ClF3N5O/c26-21-6-2-1-5-19(21)17-32-13-9-20(10-14-32)33-11-4-12-34(16-15-33)23-8-3-7-22(31-23)24(35)30-18-25(27,28)29/h1-3,5-8,20H,4,9-18H2,(H,30,35). The zero-order chi connectivity index (χ0) is 24.8. The number of nitrogens with one attached hydrogen (secondary N) is 1. The largest absolute Gasteiger partial charge is 0.405 e. The van der Waals surface area contributed by atoms with E-state index >= 15 is 0 Å². The van der Waals surface area contributed by atoms with Crippen LogP contribution in [-0.4, -0.2) is 78.7 Å². The number of amides is 1. The molecule has 1 aromatic carbocycles. The Labute approximate surface area is 209 Å². The Morgan fingerprint density at radius 3 is 2.51 bits per heavy atom. The van der Waals surface area contributed by atoms with Gasteiger partial charge in [0.15, 0.2) is 0 Å². The van der Waals surface area contributed by atoms with Crippen LogP contribution < -0.4 is 10.2 Å². The molecule has 10 heteroatoms. The number of hydrogen-bond acceptors (Lipinski definition) is 5. The fraction of sp³-hybridized carbons (Fsp3) is 0.520. The van der Waals surface area contributed by atoms with E-state index in [-0.39, 0.29) is 5.69 Å². The van der Waals surface area contributed by atoms with Gasteiger partial charge in [0.1, 0.15) is 18.1 Å². The number of piperidine rings is 1. The molecule has 2 fully saturated rings. The smallest absolute Gasteiger partial charge is 0.355 e. The topological polar surface area (TPSA) is 51.7 Å². The minimum atomic E-state index is -4.45. The van der Waals surface area contributed by atoms with Crippen LogP contribution in [0.5, 0.6) is 0 Å². The van der Waals surface area contributed by atoms with Gasteiger partial charge in [-0.3, -0.25) is 14.6 Å². The molecule has 4 rings (SSSR count). The lowest BCUT2D eigenvalue weighted by molar-refractivity contribution is -0.123. The molecule has 190 valence electrons. The molecule has 0 atom stereocenters. The van der Waals surface area contributed by atoms with Crippen LogP contribution in [0.25, 0.3) is 0 Å². The average Bonchev–Trinajstić information content (AvgIpc) is 3.11. The minimum absolute atomic E-state index is 0.00116. The number of alkyl halides is 3. The highest BCUT2D eigenvalue weighted by Gasteiger charge is 2.29. The SMILES string of the molecule is O=C(NCC(F)(F)F)c1cccc(N2CCCN(C3CCN(Cc4ccccc4Cl)CC3)CC2)n1. The van der Waals surface area contributed by atoms with Crippen molar-refractivity contribution in [1.29, 1.82) is 0 Å². The number of carbonyl (C=O) groups excluding carboxylic acids is 1. The van der Waals surface area contributed by atoms with Crippen LogP contribution >= 0.6 is 11.6 Å². The molecule has 0 spiro atoms. The molecule has 0 radical (unpaired) electrons. The maximum absolute atomic E-state index is 12.4. The van der Waals surface area contributed by atoms with Gasteiger partial charge < -0.3 is 10.2 Å². The van der Waals surface area contributed by atoms with Crippen LogP contribution in [-0.2, 0) is 6.54 Å². The first-order chi connectivity index (χ1) is 16.8. The third kappa shape index (κ3) is 7.32. The van der Waals surface area contributed by atoms with Gasteiger partial charge in [0.2, 0.25) is 0 Å². The van der Waals surface area contributed by atoms with E-state index in [2.05, 4.69) is 25.8 Å². The predicted octanol–water partition coefficient (Wildman–Crippen LogP) is 4.20. The van der Waals surface area contributed by atoms with Gasteiger partial charge in [-0.15, -0.1) is 0 Å². The summed E-state index contributed by atoms with van der Waals surface area (Å²) in [7, 11) is 0. The number of carbonyl (C=O) groups is 1. The second-order valence-electron chi connectivity index (χ2n) is 9.15. The van der Waals surface area contributed by atoms with Gasteiger partial charge in [-0.1, -0.05) is 35.9 Å². The summed E-state index contributed by atoms with van der Waals surface area (Å²) in [6, 6.07) is 13.4. The maximum Gasteiger partial charge on any atom is 0.405 e. The average molecular weight is 510 g/mol. The van der Waals surface area contributed by atoms with Crippen molar-refractivity contribution in [1.82, 2.24) is 20.1 Å². The molecule has 35 heavy (non-hydrogen) atoms. The Morgan fingerprint density at radius 2 is 1.77 bits per heavy atom. The molecule has 1 amide bonds. The van der Waals surface area contributed by atoms with Crippen molar-refractivity contribution in [3.63, 3.8) is 0 Å². The van der Waals surface area contributed by atoms with Crippen LogP contribution in [0, 0.1) is 0 Å². The van der Waals surface area contributed by atoms with Crippen molar-refractivity contribution < 1.29 is 18.0 Å². The summed E-state index contributed by atoms with van der Waals surface area (Å²) in [5.74, 6) is -0.190. The summed E-state index contributed by atoms with van der Waals surface area (Å²) in [6.07, 6.45) is -1.27. The molecular weight excluding hydrogens is 479 g/mol. The predicted molar refractivity (Wildman–Crippen MR) is 131 cm³/mol. The number of rotatable bonds is 6. The van der Waals surface area contributed by atoms with E-state index in [0.29, 0.717) is 11.9 Å². The zero-order valence-electron chi connectivity index (χ0n) is 19.6. The second-order valence-corrected chi connectivity index (χ2v) is 9.56. The van der Waals surface area contributed by atoms with Gasteiger partial charge >= 0.3 is 6.18 Å². The lowest BCUT2D eigenvalue weighted by atomic mass is 10.0. The first-order valence-electron chi connectivity index (χ1n) is 12.1. The van der Waals surface area contributed by atoms with E-state index in [4.69, 9.17) is 11.6 Å². The van der Waals surface area contributed by atoms with Crippen LogP contribution in [0.2, 0.25) is 5.02 Å². The highest BCUT2D eigenvalue weighted by atomic mass is 35.5. The monoisotopic (exact) mass is 509 g/mol. The second kappa shape index (κ2) is 11.6. The van der Waals surface area contributed by atoms with E-state index < -0.39 is 18.6 Å². The van der Waals surface area contributed by atoms with Crippen molar-refractivity contribution in [2.75, 3.05) is 50.7 Å². The lowest BCUT2D eigenvalue weighted by Gasteiger charge is -2.38. The number of aromatic nitrogens is 1. The van der Waals surface area contributed by atoms with E-state index in [1.54, 1.807) is 6.07 Å². The van der Waals surface area contributed by atoms with Crippen LogP contribution in [0.4, 0.5) is 19.0 Å². The van der Waals surface area contributed by atoms with Gasteiger partial charge in [-0.05, 0) is 56.1 Å². The highest BCUT2D eigenvalue weighted by molar-refractivity contribution is 6.31. The van der Waals surface area contributed by atoms with Gasteiger partial charge in [0, 0.05) is 43.8 Å². The first kappa shape index (κ1) is 25.7. The van der Waals surface area contributed by atoms with Crippen molar-refractivity contribution in [3.8, 4) is 0 Å². The Balaban J connectivity index is 1.28. The molecule has 1 aromatic heterocycles. The Kier molecular flexibility index (Phi) is 8.51. The summed E-state index contributed by atoms with van der Waals surface area (Å²) >= 11 is 6.32. The third-order valence-electron chi connectivity index (χ3n) is 6.70. The molecular formula is C25H31ClF3N5O. The third-order valence-corrected chi connectivity index (χ3v) is 7.06. The van der Waals surface area contributed by atoms with Crippen LogP contribution in [0.1, 0.15) is 35.3 Å². The van der Waals surface area contributed by atoms with Crippen molar-refractivity contribution in [2.45, 2.75) is 38.0 Å². The first-order valence-corrected chi connectivity index (χ1v) is 12.4. The highest BCUT2D eigenvalue weighted by Crippen LogP contribution is 2.23. The number of hydrogen-bond donors (Lipinski definition) is 1. The maximum atomic E-state index is 12.4. The summed E-state index contributed by atoms with van der Waals surface area (Å²) in [5, 5.41) is 2.71. The van der Waals surface area contributed by atoms with E-state index in [0.717, 1.165) is 70.1 Å². The molecule has 6 nitrogen and oxygen atoms in total. The zero-order valence-corrected chi connectivity index (χ0v) is 20.4. The number of anilines is 1. The summed E-state index contributed by atoms with van der Waals surface area (Å²) in [4.78, 5) is 23.6. The molecule has 0 bridgehead atoms.